The number of carbonyl (C=O) groups is 2. The molecule has 20 heavy (non-hydrogen) atoms. The molecule has 1 atom stereocenters. The van der Waals surface area contributed by atoms with E-state index in [9.17, 15) is 9.59 Å². The molecule has 1 amide bonds. The van der Waals surface area contributed by atoms with Crippen LogP contribution in [0.4, 0.5) is 5.69 Å². The molecule has 0 saturated carbocycles. The molecule has 6 heteroatoms. The number of benzene rings is 1. The molecule has 1 aromatic heterocycles. The summed E-state index contributed by atoms with van der Waals surface area (Å²) in [5.74, 6) is -0.209. The highest BCUT2D eigenvalue weighted by Crippen LogP contribution is 2.14. The van der Waals surface area contributed by atoms with E-state index < -0.39 is 6.04 Å². The Balaban J connectivity index is 2.14. The Morgan fingerprint density at radius 3 is 2.50 bits per heavy atom. The zero-order chi connectivity index (χ0) is 14.7. The fraction of sp³-hybridized carbons (Fsp3) is 0.286. The summed E-state index contributed by atoms with van der Waals surface area (Å²) >= 11 is 0. The van der Waals surface area contributed by atoms with Gasteiger partial charge in [0, 0.05) is 5.69 Å². The van der Waals surface area contributed by atoms with Crippen LogP contribution < -0.4 is 5.32 Å². The standard InChI is InChI=1S/C14H16N4O2/c1-9-4-6-12(7-5-9)15-14(20)11(3)18-10(2)13(8-19)16-17-18/h4-8,11H,1-3H3,(H,15,20). The summed E-state index contributed by atoms with van der Waals surface area (Å²) in [6.45, 7) is 5.40. The van der Waals surface area contributed by atoms with Crippen LogP contribution >= 0.6 is 0 Å². The molecular weight excluding hydrogens is 256 g/mol. The van der Waals surface area contributed by atoms with Gasteiger partial charge in [0.25, 0.3) is 0 Å². The zero-order valence-electron chi connectivity index (χ0n) is 11.6. The van der Waals surface area contributed by atoms with E-state index in [0.29, 0.717) is 12.0 Å². The largest absolute Gasteiger partial charge is 0.324 e. The number of aryl methyl sites for hydroxylation is 1. The van der Waals surface area contributed by atoms with Crippen molar-refractivity contribution in [3.8, 4) is 0 Å². The minimum atomic E-state index is -0.544. The second-order valence-electron chi connectivity index (χ2n) is 4.65. The molecule has 1 aromatic carbocycles. The molecule has 0 fully saturated rings. The van der Waals surface area contributed by atoms with E-state index in [1.807, 2.05) is 31.2 Å². The Kier molecular flexibility index (Phi) is 3.93. The number of rotatable bonds is 4. The number of nitrogens with one attached hydrogen (secondary N) is 1. The van der Waals surface area contributed by atoms with E-state index in [2.05, 4.69) is 15.6 Å². The summed E-state index contributed by atoms with van der Waals surface area (Å²) in [6, 6.07) is 6.98. The van der Waals surface area contributed by atoms with Crippen LogP contribution in [0.3, 0.4) is 0 Å². The van der Waals surface area contributed by atoms with Gasteiger partial charge in [-0.25, -0.2) is 4.68 Å². The van der Waals surface area contributed by atoms with Crippen molar-refractivity contribution in [3.05, 3.63) is 41.2 Å². The van der Waals surface area contributed by atoms with Crippen molar-refractivity contribution < 1.29 is 9.59 Å². The van der Waals surface area contributed by atoms with E-state index in [4.69, 9.17) is 0 Å². The maximum absolute atomic E-state index is 12.2. The monoisotopic (exact) mass is 272 g/mol. The average Bonchev–Trinajstić information content (AvgIpc) is 2.81. The summed E-state index contributed by atoms with van der Waals surface area (Å²) in [7, 11) is 0. The van der Waals surface area contributed by atoms with Crippen LogP contribution in [0, 0.1) is 13.8 Å². The Hall–Kier alpha value is -2.50. The van der Waals surface area contributed by atoms with Crippen LogP contribution in [0.25, 0.3) is 0 Å². The van der Waals surface area contributed by atoms with Gasteiger partial charge in [0.1, 0.15) is 11.7 Å². The highest BCUT2D eigenvalue weighted by molar-refractivity contribution is 5.93. The van der Waals surface area contributed by atoms with Gasteiger partial charge in [-0.1, -0.05) is 22.9 Å². The van der Waals surface area contributed by atoms with Gasteiger partial charge in [-0.15, -0.1) is 5.10 Å². The highest BCUT2D eigenvalue weighted by Gasteiger charge is 2.20. The molecule has 0 saturated heterocycles. The fourth-order valence-electron chi connectivity index (χ4n) is 1.82. The molecule has 0 bridgehead atoms. The molecule has 1 unspecified atom stereocenters. The van der Waals surface area contributed by atoms with Crippen molar-refractivity contribution in [2.75, 3.05) is 5.32 Å². The van der Waals surface area contributed by atoms with Crippen molar-refractivity contribution in [2.45, 2.75) is 26.8 Å². The lowest BCUT2D eigenvalue weighted by atomic mass is 10.2. The lowest BCUT2D eigenvalue weighted by molar-refractivity contribution is -0.119. The number of carbonyl (C=O) groups excluding carboxylic acids is 2. The summed E-state index contributed by atoms with van der Waals surface area (Å²) in [5.41, 5.74) is 2.67. The van der Waals surface area contributed by atoms with Gasteiger partial charge in [0.15, 0.2) is 6.29 Å². The average molecular weight is 272 g/mol. The minimum absolute atomic E-state index is 0.209. The number of hydrogen-bond donors (Lipinski definition) is 1. The first-order valence-corrected chi connectivity index (χ1v) is 6.27. The first-order chi connectivity index (χ1) is 9.52. The minimum Gasteiger partial charge on any atom is -0.324 e. The number of aromatic nitrogens is 3. The second kappa shape index (κ2) is 5.64. The van der Waals surface area contributed by atoms with E-state index in [1.165, 1.54) is 4.68 Å². The van der Waals surface area contributed by atoms with Gasteiger partial charge < -0.3 is 5.32 Å². The highest BCUT2D eigenvalue weighted by atomic mass is 16.2. The van der Waals surface area contributed by atoms with Crippen molar-refractivity contribution in [2.24, 2.45) is 0 Å². The predicted molar refractivity (Wildman–Crippen MR) is 74.7 cm³/mol. The van der Waals surface area contributed by atoms with Gasteiger partial charge in [-0.3, -0.25) is 9.59 Å². The SMILES string of the molecule is Cc1ccc(NC(=O)C(C)n2nnc(C=O)c2C)cc1. The maximum Gasteiger partial charge on any atom is 0.249 e. The predicted octanol–water partition coefficient (Wildman–Crippen LogP) is 1.91. The molecule has 104 valence electrons. The quantitative estimate of drug-likeness (QED) is 0.862. The summed E-state index contributed by atoms with van der Waals surface area (Å²) in [4.78, 5) is 22.9. The molecular formula is C14H16N4O2. The Bertz CT molecular complexity index is 631. The number of aldehydes is 1. The second-order valence-corrected chi connectivity index (χ2v) is 4.65. The number of anilines is 1. The summed E-state index contributed by atoms with van der Waals surface area (Å²) < 4.78 is 1.44. The lowest BCUT2D eigenvalue weighted by Gasteiger charge is -2.13. The number of nitrogens with zero attached hydrogens (tertiary/aromatic N) is 3. The number of amides is 1. The molecule has 2 aromatic rings. The smallest absolute Gasteiger partial charge is 0.249 e. The van der Waals surface area contributed by atoms with Gasteiger partial charge in [-0.2, -0.15) is 0 Å². The van der Waals surface area contributed by atoms with Crippen LogP contribution in [0.15, 0.2) is 24.3 Å². The maximum atomic E-state index is 12.2. The fourth-order valence-corrected chi connectivity index (χ4v) is 1.82. The van der Waals surface area contributed by atoms with Crippen molar-refractivity contribution in [1.82, 2.24) is 15.0 Å². The molecule has 6 nitrogen and oxygen atoms in total. The molecule has 0 spiro atoms. The summed E-state index contributed by atoms with van der Waals surface area (Å²) in [6.07, 6.45) is 0.628. The topological polar surface area (TPSA) is 76.9 Å². The summed E-state index contributed by atoms with van der Waals surface area (Å²) in [5, 5.41) is 10.4. The molecule has 0 aliphatic heterocycles. The van der Waals surface area contributed by atoms with Crippen LogP contribution in [-0.4, -0.2) is 27.2 Å². The van der Waals surface area contributed by atoms with Crippen molar-refractivity contribution >= 4 is 17.9 Å². The molecule has 1 N–H and O–H groups in total. The Morgan fingerprint density at radius 1 is 1.30 bits per heavy atom. The third kappa shape index (κ3) is 2.74. The van der Waals surface area contributed by atoms with E-state index in [1.54, 1.807) is 13.8 Å². The Labute approximate surface area is 116 Å². The Morgan fingerprint density at radius 2 is 1.95 bits per heavy atom. The van der Waals surface area contributed by atoms with Crippen LogP contribution in [0.2, 0.25) is 0 Å². The lowest BCUT2D eigenvalue weighted by Crippen LogP contribution is -2.25. The molecule has 2 rings (SSSR count). The third-order valence-corrected chi connectivity index (χ3v) is 3.14. The van der Waals surface area contributed by atoms with E-state index in [-0.39, 0.29) is 11.6 Å². The van der Waals surface area contributed by atoms with E-state index >= 15 is 0 Å². The van der Waals surface area contributed by atoms with Gasteiger partial charge in [-0.05, 0) is 32.9 Å². The van der Waals surface area contributed by atoms with Crippen LogP contribution in [0.1, 0.15) is 34.7 Å². The normalized spacial score (nSPS) is 11.9. The van der Waals surface area contributed by atoms with Gasteiger partial charge in [0.05, 0.1) is 5.69 Å². The van der Waals surface area contributed by atoms with Crippen LogP contribution in [-0.2, 0) is 4.79 Å². The molecule has 0 aliphatic carbocycles. The van der Waals surface area contributed by atoms with E-state index in [0.717, 1.165) is 11.3 Å². The van der Waals surface area contributed by atoms with Gasteiger partial charge >= 0.3 is 0 Å². The number of hydrogen-bond acceptors (Lipinski definition) is 4. The third-order valence-electron chi connectivity index (χ3n) is 3.14. The van der Waals surface area contributed by atoms with Gasteiger partial charge in [0.2, 0.25) is 5.91 Å². The zero-order valence-corrected chi connectivity index (χ0v) is 11.6. The molecule has 0 radical (unpaired) electrons. The molecule has 0 aliphatic rings. The first kappa shape index (κ1) is 13.9. The van der Waals surface area contributed by atoms with Crippen molar-refractivity contribution in [3.63, 3.8) is 0 Å². The van der Waals surface area contributed by atoms with Crippen LogP contribution in [0.5, 0.6) is 0 Å². The van der Waals surface area contributed by atoms with Crippen molar-refractivity contribution in [1.29, 1.82) is 0 Å². The molecule has 1 heterocycles. The first-order valence-electron chi connectivity index (χ1n) is 6.27.